The number of ether oxygens (including phenoxy) is 2. The number of halogens is 3. The minimum atomic E-state index is -3.06. The molecule has 140 valence electrons. The number of hydrogen-bond donors (Lipinski definition) is 0. The Hall–Kier alpha value is -1.47. The van der Waals surface area contributed by atoms with Gasteiger partial charge in [-0.3, -0.25) is 9.00 Å². The van der Waals surface area contributed by atoms with Crippen molar-refractivity contribution in [2.24, 2.45) is 0 Å². The van der Waals surface area contributed by atoms with Gasteiger partial charge in [0.25, 0.3) is 0 Å². The summed E-state index contributed by atoms with van der Waals surface area (Å²) in [6.07, 6.45) is -0.265. The van der Waals surface area contributed by atoms with E-state index in [0.717, 1.165) is 0 Å². The van der Waals surface area contributed by atoms with Gasteiger partial charge in [-0.15, -0.1) is 0 Å². The number of hydrogen-bond acceptors (Lipinski definition) is 4. The zero-order chi connectivity index (χ0) is 19.2. The Morgan fingerprint density at radius 3 is 2.52 bits per heavy atom. The third kappa shape index (κ3) is 6.74. The summed E-state index contributed by atoms with van der Waals surface area (Å²) in [5, 5.41) is 1.45. The van der Waals surface area contributed by atoms with E-state index in [1.807, 2.05) is 0 Å². The van der Waals surface area contributed by atoms with Gasteiger partial charge >= 0.3 is 12.6 Å². The third-order valence-electron chi connectivity index (χ3n) is 3.01. The first-order valence-corrected chi connectivity index (χ1v) is 9.16. The molecule has 0 aliphatic heterocycles. The van der Waals surface area contributed by atoms with Crippen molar-refractivity contribution in [2.45, 2.75) is 45.5 Å². The van der Waals surface area contributed by atoms with E-state index in [4.69, 9.17) is 16.3 Å². The molecule has 8 heteroatoms. The van der Waals surface area contributed by atoms with E-state index < -0.39 is 28.1 Å². The van der Waals surface area contributed by atoms with E-state index in [-0.39, 0.29) is 34.9 Å². The van der Waals surface area contributed by atoms with Crippen molar-refractivity contribution < 1.29 is 27.3 Å². The van der Waals surface area contributed by atoms with Crippen LogP contribution in [0.15, 0.2) is 23.6 Å². The lowest BCUT2D eigenvalue weighted by Crippen LogP contribution is -2.20. The molecule has 1 atom stereocenters. The standard InChI is InChI=1S/C17H21ClF2O4S/c1-5-23-14(21)9-11(10-25(22)17(2,3)4)15-12(18)7-6-8-13(15)24-16(19)20/h6-8,10,16H,5,9H2,1-4H3/b11-10-. The molecule has 1 aromatic carbocycles. The molecule has 0 heterocycles. The van der Waals surface area contributed by atoms with Gasteiger partial charge in [-0.1, -0.05) is 17.7 Å². The second kappa shape index (κ2) is 9.29. The van der Waals surface area contributed by atoms with Gasteiger partial charge in [-0.05, 0) is 45.4 Å². The lowest BCUT2D eigenvalue weighted by atomic mass is 10.0. The quantitative estimate of drug-likeness (QED) is 0.624. The Labute approximate surface area is 153 Å². The van der Waals surface area contributed by atoms with Crippen LogP contribution in [0.2, 0.25) is 5.02 Å². The zero-order valence-corrected chi connectivity index (χ0v) is 16.0. The van der Waals surface area contributed by atoms with Crippen LogP contribution < -0.4 is 4.74 Å². The molecular weight excluding hydrogens is 374 g/mol. The maximum atomic E-state index is 12.7. The van der Waals surface area contributed by atoms with Crippen molar-refractivity contribution in [3.05, 3.63) is 34.2 Å². The lowest BCUT2D eigenvalue weighted by Gasteiger charge is -2.18. The number of benzene rings is 1. The van der Waals surface area contributed by atoms with E-state index in [1.54, 1.807) is 27.7 Å². The SMILES string of the molecule is CCOC(=O)C/C(=C/S(=O)C(C)(C)C)c1c(Cl)cccc1OC(F)F. The van der Waals surface area contributed by atoms with Crippen LogP contribution in [0.4, 0.5) is 8.78 Å². The molecule has 0 bridgehead atoms. The molecule has 0 fully saturated rings. The first kappa shape index (κ1) is 21.6. The van der Waals surface area contributed by atoms with Crippen molar-refractivity contribution in [3.63, 3.8) is 0 Å². The molecule has 25 heavy (non-hydrogen) atoms. The van der Waals surface area contributed by atoms with E-state index in [0.29, 0.717) is 0 Å². The molecule has 1 aromatic rings. The van der Waals surface area contributed by atoms with Gasteiger partial charge in [-0.25, -0.2) is 0 Å². The molecule has 4 nitrogen and oxygen atoms in total. The van der Waals surface area contributed by atoms with Crippen LogP contribution in [0, 0.1) is 0 Å². The van der Waals surface area contributed by atoms with Gasteiger partial charge in [-0.2, -0.15) is 8.78 Å². The van der Waals surface area contributed by atoms with Crippen LogP contribution in [0.25, 0.3) is 5.57 Å². The Balaban J connectivity index is 3.44. The second-order valence-electron chi connectivity index (χ2n) is 6.03. The minimum Gasteiger partial charge on any atom is -0.466 e. The summed E-state index contributed by atoms with van der Waals surface area (Å²) in [7, 11) is -1.49. The summed E-state index contributed by atoms with van der Waals surface area (Å²) >= 11 is 6.15. The van der Waals surface area contributed by atoms with Gasteiger partial charge in [0.05, 0.1) is 28.8 Å². The zero-order valence-electron chi connectivity index (χ0n) is 14.5. The first-order chi connectivity index (χ1) is 11.6. The molecule has 0 aliphatic rings. The summed E-state index contributed by atoms with van der Waals surface area (Å²) in [5.74, 6) is -0.772. The van der Waals surface area contributed by atoms with Crippen molar-refractivity contribution in [1.29, 1.82) is 0 Å². The van der Waals surface area contributed by atoms with Crippen LogP contribution in [0.3, 0.4) is 0 Å². The van der Waals surface area contributed by atoms with Gasteiger partial charge in [0.1, 0.15) is 5.75 Å². The highest BCUT2D eigenvalue weighted by molar-refractivity contribution is 7.89. The summed E-state index contributed by atoms with van der Waals surface area (Å²) in [6.45, 7) is 4.02. The Morgan fingerprint density at radius 2 is 2.00 bits per heavy atom. The fourth-order valence-corrected chi connectivity index (χ4v) is 2.97. The van der Waals surface area contributed by atoms with E-state index in [2.05, 4.69) is 4.74 Å². The van der Waals surface area contributed by atoms with Crippen LogP contribution in [0.5, 0.6) is 5.75 Å². The Bertz CT molecular complexity index is 669. The highest BCUT2D eigenvalue weighted by Crippen LogP contribution is 2.36. The predicted octanol–water partition coefficient (Wildman–Crippen LogP) is 4.78. The van der Waals surface area contributed by atoms with Crippen LogP contribution in [-0.2, 0) is 20.3 Å². The van der Waals surface area contributed by atoms with Crippen molar-refractivity contribution in [1.82, 2.24) is 0 Å². The molecule has 1 unspecified atom stereocenters. The van der Waals surface area contributed by atoms with Gasteiger partial charge < -0.3 is 9.47 Å². The fraction of sp³-hybridized carbons (Fsp3) is 0.471. The molecule has 0 spiro atoms. The number of carbonyl (C=O) groups excluding carboxylic acids is 1. The number of esters is 1. The summed E-state index contributed by atoms with van der Waals surface area (Å²) in [4.78, 5) is 11.9. The van der Waals surface area contributed by atoms with E-state index >= 15 is 0 Å². The smallest absolute Gasteiger partial charge is 0.387 e. The average molecular weight is 395 g/mol. The highest BCUT2D eigenvalue weighted by atomic mass is 35.5. The highest BCUT2D eigenvalue weighted by Gasteiger charge is 2.23. The summed E-state index contributed by atoms with van der Waals surface area (Å²) in [5.41, 5.74) is 0.322. The number of rotatable bonds is 7. The van der Waals surface area contributed by atoms with Crippen molar-refractivity contribution in [2.75, 3.05) is 6.61 Å². The number of alkyl halides is 2. The molecule has 0 aromatic heterocycles. The maximum absolute atomic E-state index is 12.7. The first-order valence-electron chi connectivity index (χ1n) is 7.57. The van der Waals surface area contributed by atoms with Gasteiger partial charge in [0, 0.05) is 15.7 Å². The lowest BCUT2D eigenvalue weighted by molar-refractivity contribution is -0.141. The monoisotopic (exact) mass is 394 g/mol. The molecule has 0 aliphatic carbocycles. The Morgan fingerprint density at radius 1 is 1.36 bits per heavy atom. The van der Waals surface area contributed by atoms with Crippen molar-refractivity contribution >= 4 is 33.9 Å². The maximum Gasteiger partial charge on any atom is 0.387 e. The van der Waals surface area contributed by atoms with Crippen LogP contribution in [-0.4, -0.2) is 28.1 Å². The van der Waals surface area contributed by atoms with Crippen LogP contribution >= 0.6 is 11.6 Å². The average Bonchev–Trinajstić information content (AvgIpc) is 2.45. The fourth-order valence-electron chi connectivity index (χ4n) is 1.87. The summed E-state index contributed by atoms with van der Waals surface area (Å²) in [6, 6.07) is 4.24. The molecule has 0 radical (unpaired) electrons. The molecule has 0 amide bonds. The van der Waals surface area contributed by atoms with Gasteiger partial charge in [0.2, 0.25) is 0 Å². The topological polar surface area (TPSA) is 52.6 Å². The third-order valence-corrected chi connectivity index (χ3v) is 5.03. The Kier molecular flexibility index (Phi) is 8.02. The second-order valence-corrected chi connectivity index (χ2v) is 8.49. The van der Waals surface area contributed by atoms with E-state index in [1.165, 1.54) is 23.6 Å². The van der Waals surface area contributed by atoms with Crippen LogP contribution in [0.1, 0.15) is 39.7 Å². The summed E-state index contributed by atoms with van der Waals surface area (Å²) < 4.78 is 46.7. The predicted molar refractivity (Wildman–Crippen MR) is 95.2 cm³/mol. The largest absolute Gasteiger partial charge is 0.466 e. The molecule has 0 saturated carbocycles. The normalized spacial score (nSPS) is 13.7. The molecule has 0 saturated heterocycles. The molecular formula is C17H21ClF2O4S. The van der Waals surface area contributed by atoms with Crippen molar-refractivity contribution in [3.8, 4) is 5.75 Å². The molecule has 1 rings (SSSR count). The molecule has 0 N–H and O–H groups in total. The number of carbonyl (C=O) groups is 1. The van der Waals surface area contributed by atoms with E-state index in [9.17, 15) is 17.8 Å². The van der Waals surface area contributed by atoms with Gasteiger partial charge in [0.15, 0.2) is 0 Å². The minimum absolute atomic E-state index is 0.107.